The third-order valence-corrected chi connectivity index (χ3v) is 7.82. The van der Waals surface area contributed by atoms with Gasteiger partial charge in [-0.1, -0.05) is 41.4 Å². The van der Waals surface area contributed by atoms with Crippen molar-refractivity contribution in [2.24, 2.45) is 0 Å². The Labute approximate surface area is 201 Å². The van der Waals surface area contributed by atoms with Gasteiger partial charge in [-0.15, -0.1) is 0 Å². The molecule has 2 aromatic rings. The summed E-state index contributed by atoms with van der Waals surface area (Å²) in [5.74, 6) is 0. The summed E-state index contributed by atoms with van der Waals surface area (Å²) in [6, 6.07) is 9.60. The minimum absolute atomic E-state index is 0.208. The summed E-state index contributed by atoms with van der Waals surface area (Å²) in [5.41, 5.74) is 7.22. The third kappa shape index (κ3) is 5.81. The molecule has 1 aliphatic heterocycles. The number of halogens is 3. The highest BCUT2D eigenvalue weighted by atomic mass is 35.5. The minimum Gasteiger partial charge on any atom is -0.379 e. The van der Waals surface area contributed by atoms with Gasteiger partial charge in [0.05, 0.1) is 38.9 Å². The lowest BCUT2D eigenvalue weighted by molar-refractivity contribution is 0.0730. The van der Waals surface area contributed by atoms with Gasteiger partial charge >= 0.3 is 0 Å². The van der Waals surface area contributed by atoms with Crippen LogP contribution in [0.25, 0.3) is 5.70 Å². The van der Waals surface area contributed by atoms with Crippen molar-refractivity contribution < 1.29 is 13.2 Å². The summed E-state index contributed by atoms with van der Waals surface area (Å²) >= 11 is 23.4. The number of hydrogen-bond acceptors (Lipinski definition) is 5. The minimum atomic E-state index is -3.55. The van der Waals surface area contributed by atoms with E-state index in [0.717, 1.165) is 0 Å². The first-order valence-corrected chi connectivity index (χ1v) is 12.0. The number of rotatable bonds is 6. The average Bonchev–Trinajstić information content (AvgIpc) is 2.77. The molecule has 31 heavy (non-hydrogen) atoms. The predicted molar refractivity (Wildman–Crippen MR) is 129 cm³/mol. The zero-order valence-corrected chi connectivity index (χ0v) is 20.0. The highest BCUT2D eigenvalue weighted by molar-refractivity contribution is 7.89. The molecule has 3 rings (SSSR count). The van der Waals surface area contributed by atoms with Gasteiger partial charge in [0, 0.05) is 24.3 Å². The first kappa shape index (κ1) is 24.1. The molecule has 1 saturated heterocycles. The van der Waals surface area contributed by atoms with E-state index in [9.17, 15) is 8.42 Å². The van der Waals surface area contributed by atoms with Gasteiger partial charge in [-0.25, -0.2) is 8.42 Å². The van der Waals surface area contributed by atoms with Crippen molar-refractivity contribution in [2.75, 3.05) is 31.6 Å². The molecule has 166 valence electrons. The van der Waals surface area contributed by atoms with Crippen molar-refractivity contribution in [2.45, 2.75) is 4.90 Å². The SMILES string of the molecule is C=C(NNC(=S)Nc1ccc(S(=O)(=O)N2CCOCC2)cc1)c1ccc(Cl)c(Cl)c1Cl. The molecule has 0 radical (unpaired) electrons. The molecule has 0 saturated carbocycles. The molecular weight excluding hydrogens is 503 g/mol. The second-order valence-electron chi connectivity index (χ2n) is 6.45. The monoisotopic (exact) mass is 520 g/mol. The zero-order chi connectivity index (χ0) is 22.6. The lowest BCUT2D eigenvalue weighted by Gasteiger charge is -2.26. The molecule has 0 atom stereocenters. The Bertz CT molecular complexity index is 1090. The van der Waals surface area contributed by atoms with E-state index in [-0.39, 0.29) is 20.1 Å². The number of anilines is 1. The van der Waals surface area contributed by atoms with E-state index in [1.54, 1.807) is 24.3 Å². The van der Waals surface area contributed by atoms with Crippen molar-refractivity contribution >= 4 is 73.5 Å². The van der Waals surface area contributed by atoms with Crippen molar-refractivity contribution in [3.63, 3.8) is 0 Å². The third-order valence-electron chi connectivity index (χ3n) is 4.41. The molecule has 0 unspecified atom stereocenters. The maximum atomic E-state index is 12.7. The number of ether oxygens (including phenoxy) is 1. The summed E-state index contributed by atoms with van der Waals surface area (Å²) in [6.07, 6.45) is 0. The largest absolute Gasteiger partial charge is 0.379 e. The summed E-state index contributed by atoms with van der Waals surface area (Å²) < 4.78 is 32.0. The quantitative estimate of drug-likeness (QED) is 0.299. The average molecular weight is 522 g/mol. The topological polar surface area (TPSA) is 82.7 Å². The van der Waals surface area contributed by atoms with Crippen LogP contribution in [0.3, 0.4) is 0 Å². The van der Waals surface area contributed by atoms with Crippen LogP contribution in [-0.2, 0) is 14.8 Å². The van der Waals surface area contributed by atoms with Gasteiger partial charge in [0.25, 0.3) is 0 Å². The van der Waals surface area contributed by atoms with Gasteiger partial charge in [0.15, 0.2) is 5.11 Å². The second kappa shape index (κ2) is 10.4. The standard InChI is InChI=1S/C19H19Cl3N4O3S2/c1-12(15-6-7-16(20)18(22)17(15)21)24-25-19(30)23-13-2-4-14(5-3-13)31(27,28)26-8-10-29-11-9-26/h2-7,24H,1,8-11H2,(H2,23,25,30). The Balaban J connectivity index is 1.57. The van der Waals surface area contributed by atoms with Gasteiger partial charge in [-0.2, -0.15) is 4.31 Å². The molecule has 12 heteroatoms. The summed E-state index contributed by atoms with van der Waals surface area (Å²) in [4.78, 5) is 0.208. The van der Waals surface area contributed by atoms with Crippen LogP contribution < -0.4 is 16.2 Å². The van der Waals surface area contributed by atoms with Crippen LogP contribution in [0, 0.1) is 0 Å². The second-order valence-corrected chi connectivity index (χ2v) is 9.96. The van der Waals surface area contributed by atoms with Crippen LogP contribution >= 0.6 is 47.0 Å². The van der Waals surface area contributed by atoms with E-state index in [1.165, 1.54) is 16.4 Å². The van der Waals surface area contributed by atoms with Gasteiger partial charge in [0.1, 0.15) is 0 Å². The van der Waals surface area contributed by atoms with Crippen LogP contribution in [-0.4, -0.2) is 44.1 Å². The van der Waals surface area contributed by atoms with Gasteiger partial charge in [0.2, 0.25) is 10.0 Å². The molecule has 0 aromatic heterocycles. The lowest BCUT2D eigenvalue weighted by Crippen LogP contribution is -2.40. The highest BCUT2D eigenvalue weighted by Gasteiger charge is 2.26. The Hall–Kier alpha value is -1.59. The number of benzene rings is 2. The van der Waals surface area contributed by atoms with E-state index in [4.69, 9.17) is 51.8 Å². The molecule has 1 heterocycles. The van der Waals surface area contributed by atoms with Gasteiger partial charge < -0.3 is 10.1 Å². The van der Waals surface area contributed by atoms with Crippen molar-refractivity contribution in [3.05, 3.63) is 63.6 Å². The van der Waals surface area contributed by atoms with Gasteiger partial charge in [-0.05, 0) is 48.6 Å². The maximum Gasteiger partial charge on any atom is 0.243 e. The Morgan fingerprint density at radius 3 is 2.29 bits per heavy atom. The fourth-order valence-electron chi connectivity index (χ4n) is 2.77. The predicted octanol–water partition coefficient (Wildman–Crippen LogP) is 4.13. The van der Waals surface area contributed by atoms with E-state index in [1.807, 2.05) is 0 Å². The summed E-state index contributed by atoms with van der Waals surface area (Å²) in [5, 5.41) is 4.03. The molecule has 1 fully saturated rings. The zero-order valence-electron chi connectivity index (χ0n) is 16.1. The van der Waals surface area contributed by atoms with Crippen LogP contribution in [0.4, 0.5) is 5.69 Å². The van der Waals surface area contributed by atoms with Crippen LogP contribution in [0.5, 0.6) is 0 Å². The molecule has 0 bridgehead atoms. The van der Waals surface area contributed by atoms with Crippen LogP contribution in [0.1, 0.15) is 5.56 Å². The summed E-state index contributed by atoms with van der Waals surface area (Å²) in [6.45, 7) is 5.36. The van der Waals surface area contributed by atoms with E-state index >= 15 is 0 Å². The number of nitrogens with zero attached hydrogens (tertiary/aromatic N) is 1. The molecule has 0 spiro atoms. The van der Waals surface area contributed by atoms with Crippen LogP contribution in [0.2, 0.25) is 15.1 Å². The maximum absolute atomic E-state index is 12.7. The Kier molecular flexibility index (Phi) is 8.03. The molecule has 3 N–H and O–H groups in total. The number of thiocarbonyl (C=S) groups is 1. The molecule has 0 aliphatic carbocycles. The number of hydrazine groups is 1. The molecule has 2 aromatic carbocycles. The van der Waals surface area contributed by atoms with Crippen molar-refractivity contribution in [1.82, 2.24) is 15.2 Å². The molecule has 0 amide bonds. The molecule has 1 aliphatic rings. The fourth-order valence-corrected chi connectivity index (χ4v) is 4.99. The van der Waals surface area contributed by atoms with Crippen molar-refractivity contribution in [3.8, 4) is 0 Å². The highest BCUT2D eigenvalue weighted by Crippen LogP contribution is 2.34. The number of morpholine rings is 1. The molecule has 7 nitrogen and oxygen atoms in total. The van der Waals surface area contributed by atoms with E-state index in [0.29, 0.717) is 48.3 Å². The lowest BCUT2D eigenvalue weighted by atomic mass is 10.2. The van der Waals surface area contributed by atoms with E-state index < -0.39 is 10.0 Å². The fraction of sp³-hybridized carbons (Fsp3) is 0.211. The Morgan fingerprint density at radius 1 is 1.00 bits per heavy atom. The van der Waals surface area contributed by atoms with Gasteiger partial charge in [-0.3, -0.25) is 10.9 Å². The Morgan fingerprint density at radius 2 is 1.65 bits per heavy atom. The first-order chi connectivity index (χ1) is 14.7. The number of sulfonamides is 1. The van der Waals surface area contributed by atoms with Crippen molar-refractivity contribution in [1.29, 1.82) is 0 Å². The number of nitrogens with one attached hydrogen (secondary N) is 3. The normalized spacial score (nSPS) is 14.7. The van der Waals surface area contributed by atoms with E-state index in [2.05, 4.69) is 22.7 Å². The first-order valence-electron chi connectivity index (χ1n) is 9.04. The molecular formula is C19H19Cl3N4O3S2. The van der Waals surface area contributed by atoms with Crippen LogP contribution in [0.15, 0.2) is 47.9 Å². The smallest absolute Gasteiger partial charge is 0.243 e. The number of hydrogen-bond donors (Lipinski definition) is 3. The summed E-state index contributed by atoms with van der Waals surface area (Å²) in [7, 11) is -3.55.